The fraction of sp³-hybridized carbons (Fsp3) is 0.0952. The highest BCUT2D eigenvalue weighted by Gasteiger charge is 2.08. The average molecular weight is 314 g/mol. The van der Waals surface area contributed by atoms with E-state index in [0.29, 0.717) is 6.54 Å². The molecule has 0 atom stereocenters. The normalized spacial score (nSPS) is 11.0. The SMILES string of the molecule is O=c1[nH]n(Cc2ccccc2)c2ccc(Cc3ccccc3)cc12. The third-order valence-corrected chi connectivity index (χ3v) is 4.27. The zero-order chi connectivity index (χ0) is 16.4. The second kappa shape index (κ2) is 6.20. The summed E-state index contributed by atoms with van der Waals surface area (Å²) in [5, 5.41) is 3.70. The van der Waals surface area contributed by atoms with Gasteiger partial charge in [-0.25, -0.2) is 0 Å². The van der Waals surface area contributed by atoms with Crippen molar-refractivity contribution in [2.45, 2.75) is 13.0 Å². The van der Waals surface area contributed by atoms with Crippen LogP contribution in [0, 0.1) is 0 Å². The molecule has 3 nitrogen and oxygen atoms in total. The second-order valence-electron chi connectivity index (χ2n) is 6.03. The molecule has 118 valence electrons. The topological polar surface area (TPSA) is 37.8 Å². The Balaban J connectivity index is 1.68. The number of aromatic amines is 1. The first kappa shape index (κ1) is 14.5. The predicted molar refractivity (Wildman–Crippen MR) is 97.4 cm³/mol. The van der Waals surface area contributed by atoms with E-state index in [1.165, 1.54) is 11.1 Å². The molecule has 0 aliphatic carbocycles. The minimum Gasteiger partial charge on any atom is -0.280 e. The summed E-state index contributed by atoms with van der Waals surface area (Å²) in [7, 11) is 0. The lowest BCUT2D eigenvalue weighted by Crippen LogP contribution is -2.06. The Morgan fingerprint density at radius 2 is 1.42 bits per heavy atom. The fourth-order valence-electron chi connectivity index (χ4n) is 3.08. The Hall–Kier alpha value is -3.07. The van der Waals surface area contributed by atoms with Crippen molar-refractivity contribution in [1.82, 2.24) is 9.78 Å². The van der Waals surface area contributed by atoms with Crippen molar-refractivity contribution in [2.24, 2.45) is 0 Å². The molecule has 0 amide bonds. The highest BCUT2D eigenvalue weighted by atomic mass is 16.1. The number of nitrogens with zero attached hydrogens (tertiary/aromatic N) is 1. The summed E-state index contributed by atoms with van der Waals surface area (Å²) in [6, 6.07) is 26.6. The molecule has 3 aromatic carbocycles. The third-order valence-electron chi connectivity index (χ3n) is 4.27. The minimum atomic E-state index is -0.0316. The van der Waals surface area contributed by atoms with Crippen molar-refractivity contribution in [3.63, 3.8) is 0 Å². The molecular weight excluding hydrogens is 296 g/mol. The molecule has 3 heteroatoms. The Morgan fingerprint density at radius 3 is 2.12 bits per heavy atom. The molecule has 4 rings (SSSR count). The van der Waals surface area contributed by atoms with Crippen LogP contribution >= 0.6 is 0 Å². The van der Waals surface area contributed by atoms with Gasteiger partial charge in [-0.15, -0.1) is 0 Å². The zero-order valence-corrected chi connectivity index (χ0v) is 13.3. The molecule has 1 heterocycles. The third kappa shape index (κ3) is 2.88. The Morgan fingerprint density at radius 1 is 0.750 bits per heavy atom. The lowest BCUT2D eigenvalue weighted by molar-refractivity contribution is 0.703. The smallest absolute Gasteiger partial charge is 0.271 e. The lowest BCUT2D eigenvalue weighted by atomic mass is 10.0. The molecular formula is C21H18N2O. The van der Waals surface area contributed by atoms with Crippen molar-refractivity contribution >= 4 is 10.9 Å². The van der Waals surface area contributed by atoms with E-state index in [1.807, 2.05) is 53.2 Å². The van der Waals surface area contributed by atoms with Crippen LogP contribution in [0.25, 0.3) is 10.9 Å². The Labute approximate surface area is 140 Å². The summed E-state index contributed by atoms with van der Waals surface area (Å²) in [5.74, 6) is 0. The van der Waals surface area contributed by atoms with Crippen LogP contribution in [0.15, 0.2) is 83.7 Å². The van der Waals surface area contributed by atoms with Crippen molar-refractivity contribution in [3.8, 4) is 0 Å². The van der Waals surface area contributed by atoms with E-state index in [2.05, 4.69) is 35.4 Å². The molecule has 4 aromatic rings. The maximum Gasteiger partial charge on any atom is 0.271 e. The molecule has 0 fully saturated rings. The summed E-state index contributed by atoms with van der Waals surface area (Å²) in [6.07, 6.45) is 0.833. The molecule has 1 N–H and O–H groups in total. The van der Waals surface area contributed by atoms with E-state index in [4.69, 9.17) is 0 Å². The Kier molecular flexibility index (Phi) is 3.75. The second-order valence-corrected chi connectivity index (χ2v) is 6.03. The maximum atomic E-state index is 12.3. The van der Waals surface area contributed by atoms with Crippen LogP contribution < -0.4 is 5.56 Å². The quantitative estimate of drug-likeness (QED) is 0.608. The zero-order valence-electron chi connectivity index (χ0n) is 13.3. The number of nitrogens with one attached hydrogen (secondary N) is 1. The van der Waals surface area contributed by atoms with Gasteiger partial charge < -0.3 is 0 Å². The number of benzene rings is 3. The van der Waals surface area contributed by atoms with Crippen molar-refractivity contribution in [2.75, 3.05) is 0 Å². The number of rotatable bonds is 4. The van der Waals surface area contributed by atoms with E-state index in [9.17, 15) is 4.79 Å². The van der Waals surface area contributed by atoms with Gasteiger partial charge in [0.15, 0.2) is 0 Å². The first-order valence-electron chi connectivity index (χ1n) is 8.09. The molecule has 0 saturated heterocycles. The van der Waals surface area contributed by atoms with Crippen LogP contribution in [0.2, 0.25) is 0 Å². The van der Waals surface area contributed by atoms with Gasteiger partial charge in [-0.1, -0.05) is 66.7 Å². The molecule has 0 bridgehead atoms. The van der Waals surface area contributed by atoms with Gasteiger partial charge in [0.2, 0.25) is 0 Å². The standard InChI is InChI=1S/C21H18N2O/c24-21-19-14-18(13-16-7-3-1-4-8-16)11-12-20(19)23(22-21)15-17-9-5-2-6-10-17/h1-12,14H,13,15H2,(H,22,24). The largest absolute Gasteiger partial charge is 0.280 e. The Bertz CT molecular complexity index is 1010. The van der Waals surface area contributed by atoms with Crippen LogP contribution in [-0.2, 0) is 13.0 Å². The van der Waals surface area contributed by atoms with Crippen molar-refractivity contribution < 1.29 is 0 Å². The molecule has 0 saturated carbocycles. The molecule has 0 aliphatic rings. The van der Waals surface area contributed by atoms with Crippen LogP contribution in [-0.4, -0.2) is 9.78 Å². The van der Waals surface area contributed by atoms with Gasteiger partial charge in [0.25, 0.3) is 5.56 Å². The number of aromatic nitrogens is 2. The highest BCUT2D eigenvalue weighted by Crippen LogP contribution is 2.17. The lowest BCUT2D eigenvalue weighted by Gasteiger charge is -2.06. The molecule has 24 heavy (non-hydrogen) atoms. The highest BCUT2D eigenvalue weighted by molar-refractivity contribution is 5.79. The molecule has 1 aromatic heterocycles. The van der Waals surface area contributed by atoms with Gasteiger partial charge in [0.1, 0.15) is 0 Å². The van der Waals surface area contributed by atoms with E-state index >= 15 is 0 Å². The van der Waals surface area contributed by atoms with Crippen LogP contribution in [0.4, 0.5) is 0 Å². The van der Waals surface area contributed by atoms with E-state index < -0.39 is 0 Å². The van der Waals surface area contributed by atoms with Crippen molar-refractivity contribution in [3.05, 3.63) is 106 Å². The molecule has 0 unspecified atom stereocenters. The summed E-state index contributed by atoms with van der Waals surface area (Å²) < 4.78 is 1.92. The molecule has 0 radical (unpaired) electrons. The summed E-state index contributed by atoms with van der Waals surface area (Å²) in [4.78, 5) is 12.3. The van der Waals surface area contributed by atoms with Gasteiger partial charge in [-0.2, -0.15) is 0 Å². The summed E-state index contributed by atoms with van der Waals surface area (Å²) in [5.41, 5.74) is 4.48. The van der Waals surface area contributed by atoms with Crippen molar-refractivity contribution in [1.29, 1.82) is 0 Å². The minimum absolute atomic E-state index is 0.0316. The van der Waals surface area contributed by atoms with Crippen LogP contribution in [0.3, 0.4) is 0 Å². The molecule has 0 spiro atoms. The predicted octanol–water partition coefficient (Wildman–Crippen LogP) is 3.97. The monoisotopic (exact) mass is 314 g/mol. The maximum absolute atomic E-state index is 12.3. The van der Waals surface area contributed by atoms with Crippen LogP contribution in [0.1, 0.15) is 16.7 Å². The number of H-pyrrole nitrogens is 1. The number of hydrogen-bond acceptors (Lipinski definition) is 1. The average Bonchev–Trinajstić information content (AvgIpc) is 2.92. The first-order valence-corrected chi connectivity index (χ1v) is 8.09. The van der Waals surface area contributed by atoms with E-state index in [-0.39, 0.29) is 5.56 Å². The summed E-state index contributed by atoms with van der Waals surface area (Å²) >= 11 is 0. The fourth-order valence-corrected chi connectivity index (χ4v) is 3.08. The van der Waals surface area contributed by atoms with Gasteiger partial charge in [-0.05, 0) is 35.2 Å². The number of hydrogen-bond donors (Lipinski definition) is 1. The molecule has 0 aliphatic heterocycles. The van der Waals surface area contributed by atoms with Gasteiger partial charge in [0, 0.05) is 0 Å². The van der Waals surface area contributed by atoms with E-state index in [0.717, 1.165) is 22.9 Å². The van der Waals surface area contributed by atoms with E-state index in [1.54, 1.807) is 0 Å². The van der Waals surface area contributed by atoms with Gasteiger partial charge in [-0.3, -0.25) is 14.6 Å². The van der Waals surface area contributed by atoms with Gasteiger partial charge in [0.05, 0.1) is 17.4 Å². The first-order chi connectivity index (χ1) is 11.8. The summed E-state index contributed by atoms with van der Waals surface area (Å²) in [6.45, 7) is 0.664. The van der Waals surface area contributed by atoms with Gasteiger partial charge >= 0.3 is 0 Å². The van der Waals surface area contributed by atoms with Crippen LogP contribution in [0.5, 0.6) is 0 Å². The number of fused-ring (bicyclic) bond motifs is 1.